The summed E-state index contributed by atoms with van der Waals surface area (Å²) in [5, 5.41) is 4.06. The Labute approximate surface area is 239 Å². The van der Waals surface area contributed by atoms with Crippen molar-refractivity contribution < 1.29 is 23.9 Å². The number of carbonyl (C=O) groups excluding carboxylic acids is 3. The molecular weight excluding hydrogens is 539 g/mol. The van der Waals surface area contributed by atoms with Crippen molar-refractivity contribution in [1.82, 2.24) is 10.2 Å². The van der Waals surface area contributed by atoms with Crippen molar-refractivity contribution in [3.8, 4) is 5.75 Å². The monoisotopic (exact) mass is 572 g/mol. The number of amides is 1. The number of likely N-dealkylation sites (tertiary alicyclic amines) is 1. The highest BCUT2D eigenvalue weighted by Gasteiger charge is 2.60. The number of esters is 2. The third-order valence-corrected chi connectivity index (χ3v) is 8.52. The van der Waals surface area contributed by atoms with Gasteiger partial charge < -0.3 is 14.8 Å². The van der Waals surface area contributed by atoms with Gasteiger partial charge in [-0.2, -0.15) is 0 Å². The zero-order chi connectivity index (χ0) is 28.2. The van der Waals surface area contributed by atoms with Crippen LogP contribution < -0.4 is 10.1 Å². The molecule has 1 N–H and O–H groups in total. The van der Waals surface area contributed by atoms with Gasteiger partial charge in [-0.1, -0.05) is 47.5 Å². The first-order valence-electron chi connectivity index (χ1n) is 13.1. The summed E-state index contributed by atoms with van der Waals surface area (Å²) >= 11 is 12.2. The molecule has 2 aromatic rings. The van der Waals surface area contributed by atoms with E-state index in [9.17, 15) is 14.4 Å². The van der Waals surface area contributed by atoms with Crippen LogP contribution in [-0.4, -0.2) is 54.0 Å². The fourth-order valence-corrected chi connectivity index (χ4v) is 6.61. The van der Waals surface area contributed by atoms with Gasteiger partial charge in [-0.05, 0) is 67.6 Å². The number of hydrogen-bond acceptors (Lipinski definition) is 6. The second-order valence-electron chi connectivity index (χ2n) is 10.5. The standard InChI is InChI=1S/C30H34Cl2N2O5/c1-4-13-34-14-12-29(23-6-5-7-25(17-23)38-20(2)35)18-24(10-11-30(29,19-34)39-21(3)36)33-28(37)16-22-8-9-26(31)27(32)15-22/h4-9,15,17,24H,1,10-14,16,18-19H2,2-3H3,(H,33,37)/t24-,29+,30+/m1/s1. The number of nitrogens with one attached hydrogen (secondary N) is 1. The van der Waals surface area contributed by atoms with E-state index in [0.717, 1.165) is 17.7 Å². The maximum Gasteiger partial charge on any atom is 0.308 e. The van der Waals surface area contributed by atoms with E-state index >= 15 is 0 Å². The number of carbonyl (C=O) groups is 3. The molecule has 0 radical (unpaired) electrons. The minimum absolute atomic E-state index is 0.119. The Morgan fingerprint density at radius 1 is 1.10 bits per heavy atom. The van der Waals surface area contributed by atoms with Crippen LogP contribution in [0, 0.1) is 0 Å². The molecule has 4 rings (SSSR count). The van der Waals surface area contributed by atoms with Gasteiger partial charge in [0.25, 0.3) is 0 Å². The lowest BCUT2D eigenvalue weighted by atomic mass is 9.55. The minimum Gasteiger partial charge on any atom is -0.457 e. The number of halogens is 2. The summed E-state index contributed by atoms with van der Waals surface area (Å²) in [7, 11) is 0. The predicted molar refractivity (Wildman–Crippen MR) is 151 cm³/mol. The fourth-order valence-electron chi connectivity index (χ4n) is 6.28. The first-order valence-corrected chi connectivity index (χ1v) is 13.9. The highest BCUT2D eigenvalue weighted by Crippen LogP contribution is 2.54. The van der Waals surface area contributed by atoms with Crippen LogP contribution in [0.3, 0.4) is 0 Å². The average molecular weight is 574 g/mol. The molecule has 2 aliphatic rings. The van der Waals surface area contributed by atoms with E-state index in [1.807, 2.05) is 24.3 Å². The second kappa shape index (κ2) is 12.1. The van der Waals surface area contributed by atoms with Crippen LogP contribution in [-0.2, 0) is 31.0 Å². The SMILES string of the molecule is C=CCN1CC[C@@]2(c3cccc(OC(C)=O)c3)C[C@H](NC(=O)Cc3ccc(Cl)c(Cl)c3)CC[C@]2(OC(C)=O)C1. The molecule has 0 aromatic heterocycles. The van der Waals surface area contributed by atoms with Crippen molar-refractivity contribution in [2.45, 2.75) is 63.0 Å². The summed E-state index contributed by atoms with van der Waals surface area (Å²) in [5.41, 5.74) is 0.268. The van der Waals surface area contributed by atoms with Crippen molar-refractivity contribution in [2.75, 3.05) is 19.6 Å². The molecule has 0 bridgehead atoms. The Bertz CT molecular complexity index is 1270. The van der Waals surface area contributed by atoms with Crippen LogP contribution >= 0.6 is 23.2 Å². The quantitative estimate of drug-likeness (QED) is 0.264. The lowest BCUT2D eigenvalue weighted by Gasteiger charge is -2.59. The zero-order valence-electron chi connectivity index (χ0n) is 22.3. The number of ether oxygens (including phenoxy) is 2. The Kier molecular flexibility index (Phi) is 9.04. The van der Waals surface area contributed by atoms with Crippen LogP contribution in [0.1, 0.15) is 50.7 Å². The number of fused-ring (bicyclic) bond motifs is 1. The van der Waals surface area contributed by atoms with Gasteiger partial charge in [0, 0.05) is 38.4 Å². The largest absolute Gasteiger partial charge is 0.457 e. The number of benzene rings is 2. The van der Waals surface area contributed by atoms with E-state index in [4.69, 9.17) is 32.7 Å². The molecule has 7 nitrogen and oxygen atoms in total. The maximum absolute atomic E-state index is 13.1. The van der Waals surface area contributed by atoms with Crippen molar-refractivity contribution in [3.63, 3.8) is 0 Å². The molecule has 0 spiro atoms. The Balaban J connectivity index is 1.67. The van der Waals surface area contributed by atoms with Gasteiger partial charge in [0.1, 0.15) is 11.4 Å². The number of hydrogen-bond donors (Lipinski definition) is 1. The first kappa shape index (κ1) is 29.1. The molecule has 9 heteroatoms. The lowest BCUT2D eigenvalue weighted by molar-refractivity contribution is -0.186. The van der Waals surface area contributed by atoms with Gasteiger partial charge in [-0.3, -0.25) is 19.3 Å². The molecule has 1 saturated heterocycles. The number of piperidine rings is 1. The van der Waals surface area contributed by atoms with Crippen LogP contribution in [0.25, 0.3) is 0 Å². The molecule has 1 saturated carbocycles. The summed E-state index contributed by atoms with van der Waals surface area (Å²) < 4.78 is 11.7. The van der Waals surface area contributed by atoms with Crippen LogP contribution in [0.15, 0.2) is 55.1 Å². The van der Waals surface area contributed by atoms with E-state index in [-0.39, 0.29) is 24.3 Å². The molecule has 3 atom stereocenters. The molecule has 2 fully saturated rings. The summed E-state index contributed by atoms with van der Waals surface area (Å²) in [4.78, 5) is 39.5. The second-order valence-corrected chi connectivity index (χ2v) is 11.3. The summed E-state index contributed by atoms with van der Waals surface area (Å²) in [6.45, 7) is 8.66. The molecule has 2 aromatic carbocycles. The average Bonchev–Trinajstić information content (AvgIpc) is 2.86. The van der Waals surface area contributed by atoms with Crippen LogP contribution in [0.2, 0.25) is 10.0 Å². The summed E-state index contributed by atoms with van der Waals surface area (Å²) in [6, 6.07) is 12.5. The Morgan fingerprint density at radius 3 is 2.59 bits per heavy atom. The van der Waals surface area contributed by atoms with Crippen LogP contribution in [0.5, 0.6) is 5.75 Å². The molecule has 0 unspecified atom stereocenters. The van der Waals surface area contributed by atoms with E-state index < -0.39 is 17.0 Å². The van der Waals surface area contributed by atoms with Gasteiger partial charge in [-0.15, -0.1) is 6.58 Å². The molecule has 1 aliphatic carbocycles. The highest BCUT2D eigenvalue weighted by atomic mass is 35.5. The third-order valence-electron chi connectivity index (χ3n) is 7.79. The van der Waals surface area contributed by atoms with Gasteiger partial charge in [0.15, 0.2) is 0 Å². The first-order chi connectivity index (χ1) is 18.6. The predicted octanol–water partition coefficient (Wildman–Crippen LogP) is 5.26. The summed E-state index contributed by atoms with van der Waals surface area (Å²) in [5.74, 6) is -0.442. The Hall–Kier alpha value is -2.87. The molecule has 1 aliphatic heterocycles. The maximum atomic E-state index is 13.1. The van der Waals surface area contributed by atoms with E-state index in [0.29, 0.717) is 54.6 Å². The molecule has 1 amide bonds. The highest BCUT2D eigenvalue weighted by molar-refractivity contribution is 6.42. The lowest BCUT2D eigenvalue weighted by Crippen LogP contribution is -2.68. The van der Waals surface area contributed by atoms with E-state index in [1.54, 1.807) is 24.3 Å². The van der Waals surface area contributed by atoms with Gasteiger partial charge in [0.2, 0.25) is 5.91 Å². The van der Waals surface area contributed by atoms with Crippen LogP contribution in [0.4, 0.5) is 0 Å². The molecule has 39 heavy (non-hydrogen) atoms. The molecular formula is C30H34Cl2N2O5. The van der Waals surface area contributed by atoms with E-state index in [1.165, 1.54) is 13.8 Å². The number of rotatable bonds is 8. The van der Waals surface area contributed by atoms with Crippen molar-refractivity contribution in [1.29, 1.82) is 0 Å². The zero-order valence-corrected chi connectivity index (χ0v) is 23.8. The minimum atomic E-state index is -0.820. The van der Waals surface area contributed by atoms with Crippen molar-refractivity contribution >= 4 is 41.0 Å². The molecule has 1 heterocycles. The van der Waals surface area contributed by atoms with Crippen molar-refractivity contribution in [3.05, 3.63) is 76.3 Å². The van der Waals surface area contributed by atoms with Gasteiger partial charge in [0.05, 0.1) is 16.5 Å². The topological polar surface area (TPSA) is 84.9 Å². The van der Waals surface area contributed by atoms with Gasteiger partial charge >= 0.3 is 11.9 Å². The third kappa shape index (κ3) is 6.48. The normalized spacial score (nSPS) is 24.8. The smallest absolute Gasteiger partial charge is 0.308 e. The summed E-state index contributed by atoms with van der Waals surface area (Å²) in [6.07, 6.45) is 4.49. The molecule has 208 valence electrons. The van der Waals surface area contributed by atoms with E-state index in [2.05, 4.69) is 16.8 Å². The van der Waals surface area contributed by atoms with Crippen molar-refractivity contribution in [2.24, 2.45) is 0 Å². The Morgan fingerprint density at radius 2 is 1.90 bits per heavy atom. The number of nitrogens with zero attached hydrogens (tertiary/aromatic N) is 1. The van der Waals surface area contributed by atoms with Gasteiger partial charge in [-0.25, -0.2) is 0 Å². The fraction of sp³-hybridized carbons (Fsp3) is 0.433.